The predicted octanol–water partition coefficient (Wildman–Crippen LogP) is 2.39. The molecule has 16 heavy (non-hydrogen) atoms. The molecule has 0 saturated carbocycles. The highest BCUT2D eigenvalue weighted by Gasteiger charge is 2.22. The first-order valence-electron chi connectivity index (χ1n) is 5.60. The standard InChI is InChI=1S/C12H17FN2O/c1-8(12-3-2-6-16-12)15-11-5-4-9(14)7-10(11)13/h4-5,7-8,12,15H,2-3,6,14H2,1H3. The Labute approximate surface area is 94.8 Å². The highest BCUT2D eigenvalue weighted by molar-refractivity contribution is 5.53. The smallest absolute Gasteiger partial charge is 0.148 e. The van der Waals surface area contributed by atoms with E-state index in [1.807, 2.05) is 6.92 Å². The van der Waals surface area contributed by atoms with Gasteiger partial charge in [-0.3, -0.25) is 0 Å². The van der Waals surface area contributed by atoms with Crippen molar-refractivity contribution in [2.75, 3.05) is 17.7 Å². The van der Waals surface area contributed by atoms with E-state index >= 15 is 0 Å². The zero-order chi connectivity index (χ0) is 11.5. The lowest BCUT2D eigenvalue weighted by Gasteiger charge is -2.21. The maximum absolute atomic E-state index is 13.5. The third kappa shape index (κ3) is 2.44. The number of hydrogen-bond acceptors (Lipinski definition) is 3. The number of nitrogen functional groups attached to an aromatic ring is 1. The minimum atomic E-state index is -0.315. The van der Waals surface area contributed by atoms with Gasteiger partial charge in [0.25, 0.3) is 0 Å². The molecule has 1 aromatic rings. The first-order valence-corrected chi connectivity index (χ1v) is 5.60. The Morgan fingerprint density at radius 1 is 1.56 bits per heavy atom. The predicted molar refractivity (Wildman–Crippen MR) is 62.9 cm³/mol. The quantitative estimate of drug-likeness (QED) is 0.775. The largest absolute Gasteiger partial charge is 0.399 e. The second-order valence-electron chi connectivity index (χ2n) is 4.22. The summed E-state index contributed by atoms with van der Waals surface area (Å²) in [4.78, 5) is 0. The summed E-state index contributed by atoms with van der Waals surface area (Å²) >= 11 is 0. The Hall–Kier alpha value is -1.29. The van der Waals surface area contributed by atoms with Crippen molar-refractivity contribution in [2.45, 2.75) is 31.9 Å². The molecule has 3 N–H and O–H groups in total. The Bertz CT molecular complexity index is 364. The van der Waals surface area contributed by atoms with Crippen LogP contribution in [0.4, 0.5) is 15.8 Å². The molecule has 1 aliphatic heterocycles. The third-order valence-electron chi connectivity index (χ3n) is 2.90. The second-order valence-corrected chi connectivity index (χ2v) is 4.22. The number of ether oxygens (including phenoxy) is 1. The summed E-state index contributed by atoms with van der Waals surface area (Å²) in [6.07, 6.45) is 2.29. The molecule has 1 fully saturated rings. The lowest BCUT2D eigenvalue weighted by Crippen LogP contribution is -2.30. The molecule has 2 unspecified atom stereocenters. The lowest BCUT2D eigenvalue weighted by molar-refractivity contribution is 0.0996. The van der Waals surface area contributed by atoms with Crippen molar-refractivity contribution < 1.29 is 9.13 Å². The summed E-state index contributed by atoms with van der Waals surface area (Å²) in [5.74, 6) is -0.315. The number of benzene rings is 1. The zero-order valence-electron chi connectivity index (χ0n) is 9.37. The molecule has 0 aliphatic carbocycles. The van der Waals surface area contributed by atoms with Crippen LogP contribution < -0.4 is 11.1 Å². The molecule has 2 atom stereocenters. The van der Waals surface area contributed by atoms with Gasteiger partial charge >= 0.3 is 0 Å². The van der Waals surface area contributed by atoms with Crippen LogP contribution in [0.1, 0.15) is 19.8 Å². The van der Waals surface area contributed by atoms with Gasteiger partial charge in [0.05, 0.1) is 11.8 Å². The highest BCUT2D eigenvalue weighted by Crippen LogP contribution is 2.22. The maximum atomic E-state index is 13.5. The van der Waals surface area contributed by atoms with Gasteiger partial charge in [-0.25, -0.2) is 4.39 Å². The average molecular weight is 224 g/mol. The van der Waals surface area contributed by atoms with Crippen LogP contribution in [0.25, 0.3) is 0 Å². The number of anilines is 2. The van der Waals surface area contributed by atoms with Gasteiger partial charge in [0, 0.05) is 18.3 Å². The molecular formula is C12H17FN2O. The van der Waals surface area contributed by atoms with Gasteiger partial charge in [0.1, 0.15) is 5.82 Å². The van der Waals surface area contributed by atoms with Crippen LogP contribution in [0, 0.1) is 5.82 Å². The molecule has 0 aromatic heterocycles. The minimum absolute atomic E-state index is 0.112. The Kier molecular flexibility index (Phi) is 3.29. The van der Waals surface area contributed by atoms with Crippen LogP contribution in [0.15, 0.2) is 18.2 Å². The summed E-state index contributed by atoms with van der Waals surface area (Å²) in [5, 5.41) is 3.12. The molecule has 1 saturated heterocycles. The first-order chi connectivity index (χ1) is 7.66. The van der Waals surface area contributed by atoms with E-state index in [4.69, 9.17) is 10.5 Å². The van der Waals surface area contributed by atoms with Crippen molar-refractivity contribution in [3.63, 3.8) is 0 Å². The van der Waals surface area contributed by atoms with Crippen molar-refractivity contribution in [1.29, 1.82) is 0 Å². The van der Waals surface area contributed by atoms with Crippen molar-refractivity contribution in [1.82, 2.24) is 0 Å². The average Bonchev–Trinajstić information content (AvgIpc) is 2.75. The number of rotatable bonds is 3. The van der Waals surface area contributed by atoms with E-state index in [1.165, 1.54) is 6.07 Å². The minimum Gasteiger partial charge on any atom is -0.399 e. The highest BCUT2D eigenvalue weighted by atomic mass is 19.1. The van der Waals surface area contributed by atoms with E-state index in [9.17, 15) is 4.39 Å². The van der Waals surface area contributed by atoms with Gasteiger partial charge in [0.15, 0.2) is 0 Å². The molecule has 0 amide bonds. The number of halogens is 1. The lowest BCUT2D eigenvalue weighted by atomic mass is 10.1. The van der Waals surface area contributed by atoms with Crippen molar-refractivity contribution in [3.8, 4) is 0 Å². The Morgan fingerprint density at radius 3 is 3.00 bits per heavy atom. The molecule has 2 rings (SSSR count). The van der Waals surface area contributed by atoms with E-state index < -0.39 is 0 Å². The van der Waals surface area contributed by atoms with Gasteiger partial charge in [-0.05, 0) is 38.0 Å². The SMILES string of the molecule is CC(Nc1ccc(N)cc1F)C1CCCO1. The van der Waals surface area contributed by atoms with Crippen LogP contribution >= 0.6 is 0 Å². The molecule has 1 aromatic carbocycles. The molecular weight excluding hydrogens is 207 g/mol. The summed E-state index contributed by atoms with van der Waals surface area (Å²) in [5.41, 5.74) is 6.41. The van der Waals surface area contributed by atoms with Gasteiger partial charge in [-0.15, -0.1) is 0 Å². The van der Waals surface area contributed by atoms with Crippen LogP contribution in [-0.4, -0.2) is 18.8 Å². The molecule has 0 radical (unpaired) electrons. The topological polar surface area (TPSA) is 47.3 Å². The van der Waals surface area contributed by atoms with E-state index in [1.54, 1.807) is 12.1 Å². The first kappa shape index (κ1) is 11.2. The fourth-order valence-electron chi connectivity index (χ4n) is 1.98. The molecule has 4 heteroatoms. The number of nitrogens with two attached hydrogens (primary N) is 1. The van der Waals surface area contributed by atoms with E-state index in [0.717, 1.165) is 19.4 Å². The summed E-state index contributed by atoms with van der Waals surface area (Å²) in [6.45, 7) is 2.81. The summed E-state index contributed by atoms with van der Waals surface area (Å²) in [7, 11) is 0. The number of nitrogens with one attached hydrogen (secondary N) is 1. The van der Waals surface area contributed by atoms with Crippen LogP contribution in [0.2, 0.25) is 0 Å². The Balaban J connectivity index is 2.02. The van der Waals surface area contributed by atoms with Crippen LogP contribution in [0.3, 0.4) is 0 Å². The maximum Gasteiger partial charge on any atom is 0.148 e. The normalized spacial score (nSPS) is 22.0. The molecule has 1 aliphatic rings. The van der Waals surface area contributed by atoms with E-state index in [-0.39, 0.29) is 18.0 Å². The van der Waals surface area contributed by atoms with Crippen molar-refractivity contribution in [2.24, 2.45) is 0 Å². The summed E-state index contributed by atoms with van der Waals surface area (Å²) < 4.78 is 19.1. The van der Waals surface area contributed by atoms with Gasteiger partial charge in [-0.1, -0.05) is 0 Å². The molecule has 88 valence electrons. The molecule has 0 spiro atoms. The monoisotopic (exact) mass is 224 g/mol. The van der Waals surface area contributed by atoms with Gasteiger partial charge in [-0.2, -0.15) is 0 Å². The molecule has 3 nitrogen and oxygen atoms in total. The second kappa shape index (κ2) is 4.70. The van der Waals surface area contributed by atoms with Gasteiger partial charge in [0.2, 0.25) is 0 Å². The van der Waals surface area contributed by atoms with E-state index in [0.29, 0.717) is 11.4 Å². The fourth-order valence-corrected chi connectivity index (χ4v) is 1.98. The molecule has 0 bridgehead atoms. The zero-order valence-corrected chi connectivity index (χ0v) is 9.37. The van der Waals surface area contributed by atoms with Crippen LogP contribution in [0.5, 0.6) is 0 Å². The third-order valence-corrected chi connectivity index (χ3v) is 2.90. The Morgan fingerprint density at radius 2 is 2.38 bits per heavy atom. The van der Waals surface area contributed by atoms with E-state index in [2.05, 4.69) is 5.32 Å². The van der Waals surface area contributed by atoms with Gasteiger partial charge < -0.3 is 15.8 Å². The van der Waals surface area contributed by atoms with Crippen LogP contribution in [-0.2, 0) is 4.74 Å². The van der Waals surface area contributed by atoms with Crippen molar-refractivity contribution in [3.05, 3.63) is 24.0 Å². The fraction of sp³-hybridized carbons (Fsp3) is 0.500. The number of hydrogen-bond donors (Lipinski definition) is 2. The molecule has 1 heterocycles. The summed E-state index contributed by atoms with van der Waals surface area (Å²) in [6, 6.07) is 4.79. The van der Waals surface area contributed by atoms with Crippen molar-refractivity contribution >= 4 is 11.4 Å².